The average molecular weight is 299 g/mol. The number of anilines is 2. The van der Waals surface area contributed by atoms with E-state index >= 15 is 0 Å². The molecule has 0 unspecified atom stereocenters. The summed E-state index contributed by atoms with van der Waals surface area (Å²) in [7, 11) is 0. The number of aryl methyl sites for hydroxylation is 1. The predicted molar refractivity (Wildman–Crippen MR) is 88.6 cm³/mol. The fraction of sp³-hybridized carbons (Fsp3) is 0.353. The number of morpholine rings is 1. The van der Waals surface area contributed by atoms with Crippen molar-refractivity contribution in [2.75, 3.05) is 36.5 Å². The molecule has 5 heteroatoms. The molecule has 0 saturated carbocycles. The maximum atomic E-state index is 11.3. The number of benzene rings is 1. The molecule has 1 aliphatic rings. The molecule has 0 spiro atoms. The summed E-state index contributed by atoms with van der Waals surface area (Å²) in [6.45, 7) is 6.07. The van der Waals surface area contributed by atoms with Crippen LogP contribution in [-0.2, 0) is 11.3 Å². The number of ether oxygens (including phenoxy) is 1. The van der Waals surface area contributed by atoms with Crippen LogP contribution in [0.3, 0.4) is 0 Å². The second-order valence-electron chi connectivity index (χ2n) is 5.48. The Labute approximate surface area is 129 Å². The highest BCUT2D eigenvalue weighted by Gasteiger charge is 2.14. The monoisotopic (exact) mass is 299 g/mol. The van der Waals surface area contributed by atoms with E-state index in [4.69, 9.17) is 4.74 Å². The van der Waals surface area contributed by atoms with Crippen molar-refractivity contribution in [3.05, 3.63) is 58.0 Å². The third kappa shape index (κ3) is 3.31. The molecule has 1 aromatic heterocycles. The van der Waals surface area contributed by atoms with Gasteiger partial charge >= 0.3 is 0 Å². The third-order valence-corrected chi connectivity index (χ3v) is 3.94. The van der Waals surface area contributed by atoms with Crippen LogP contribution in [0, 0.1) is 6.92 Å². The van der Waals surface area contributed by atoms with Crippen LogP contribution >= 0.6 is 0 Å². The van der Waals surface area contributed by atoms with E-state index in [-0.39, 0.29) is 5.56 Å². The molecule has 0 bridgehead atoms. The Balaban J connectivity index is 1.76. The zero-order chi connectivity index (χ0) is 15.4. The number of pyridine rings is 1. The van der Waals surface area contributed by atoms with E-state index in [0.717, 1.165) is 44.1 Å². The van der Waals surface area contributed by atoms with Crippen LogP contribution in [0.4, 0.5) is 11.4 Å². The number of hydrogen-bond acceptors (Lipinski definition) is 4. The number of nitrogens with zero attached hydrogens (tertiary/aromatic N) is 1. The summed E-state index contributed by atoms with van der Waals surface area (Å²) in [4.78, 5) is 16.3. The van der Waals surface area contributed by atoms with Crippen LogP contribution in [0.5, 0.6) is 0 Å². The fourth-order valence-corrected chi connectivity index (χ4v) is 2.73. The summed E-state index contributed by atoms with van der Waals surface area (Å²) < 4.78 is 5.43. The highest BCUT2D eigenvalue weighted by Crippen LogP contribution is 2.23. The van der Waals surface area contributed by atoms with Gasteiger partial charge in [0.1, 0.15) is 0 Å². The topological polar surface area (TPSA) is 57.4 Å². The van der Waals surface area contributed by atoms with E-state index < -0.39 is 0 Å². The van der Waals surface area contributed by atoms with Crippen LogP contribution in [0.15, 0.2) is 41.3 Å². The van der Waals surface area contributed by atoms with Crippen molar-refractivity contribution in [3.8, 4) is 0 Å². The van der Waals surface area contributed by atoms with E-state index in [2.05, 4.69) is 39.5 Å². The van der Waals surface area contributed by atoms with E-state index in [1.807, 2.05) is 6.92 Å². The van der Waals surface area contributed by atoms with Gasteiger partial charge in [-0.3, -0.25) is 4.79 Å². The molecule has 0 atom stereocenters. The minimum atomic E-state index is -0.0724. The minimum Gasteiger partial charge on any atom is -0.379 e. The van der Waals surface area contributed by atoms with Gasteiger partial charge in [0.05, 0.1) is 18.9 Å². The van der Waals surface area contributed by atoms with Crippen LogP contribution < -0.4 is 15.8 Å². The van der Waals surface area contributed by atoms with Gasteiger partial charge in [-0.15, -0.1) is 0 Å². The Bertz CT molecular complexity index is 690. The van der Waals surface area contributed by atoms with Crippen LogP contribution in [0.25, 0.3) is 0 Å². The van der Waals surface area contributed by atoms with Gasteiger partial charge in [0.15, 0.2) is 0 Å². The van der Waals surface area contributed by atoms with Crippen molar-refractivity contribution in [2.45, 2.75) is 13.5 Å². The van der Waals surface area contributed by atoms with E-state index in [0.29, 0.717) is 0 Å². The molecule has 1 saturated heterocycles. The molecule has 5 nitrogen and oxygen atoms in total. The Hall–Kier alpha value is -2.27. The van der Waals surface area contributed by atoms with E-state index in [1.54, 1.807) is 12.3 Å². The predicted octanol–water partition coefficient (Wildman–Crippen LogP) is 2.13. The van der Waals surface area contributed by atoms with Gasteiger partial charge in [-0.05, 0) is 24.1 Å². The maximum absolute atomic E-state index is 11.3. The Morgan fingerprint density at radius 1 is 1.27 bits per heavy atom. The molecule has 0 amide bonds. The first-order valence-electron chi connectivity index (χ1n) is 7.58. The molecular weight excluding hydrogens is 278 g/mol. The lowest BCUT2D eigenvalue weighted by molar-refractivity contribution is 0.122. The minimum absolute atomic E-state index is 0.0724. The molecule has 3 rings (SSSR count). The van der Waals surface area contributed by atoms with Crippen LogP contribution in [0.1, 0.15) is 11.1 Å². The van der Waals surface area contributed by atoms with Crippen molar-refractivity contribution in [3.63, 3.8) is 0 Å². The maximum Gasteiger partial charge on any atom is 0.248 e. The molecule has 1 aliphatic heterocycles. The van der Waals surface area contributed by atoms with Crippen molar-refractivity contribution < 1.29 is 4.74 Å². The van der Waals surface area contributed by atoms with Crippen LogP contribution in [0.2, 0.25) is 0 Å². The van der Waals surface area contributed by atoms with E-state index in [1.165, 1.54) is 11.3 Å². The first kappa shape index (κ1) is 14.7. The van der Waals surface area contributed by atoms with Crippen molar-refractivity contribution in [1.29, 1.82) is 0 Å². The summed E-state index contributed by atoms with van der Waals surface area (Å²) in [5.41, 5.74) is 4.33. The van der Waals surface area contributed by atoms with Gasteiger partial charge in [-0.2, -0.15) is 0 Å². The number of hydrogen-bond donors (Lipinski definition) is 2. The summed E-state index contributed by atoms with van der Waals surface area (Å²) in [6, 6.07) is 10.0. The third-order valence-electron chi connectivity index (χ3n) is 3.94. The largest absolute Gasteiger partial charge is 0.379 e. The zero-order valence-corrected chi connectivity index (χ0v) is 12.8. The number of nitrogens with one attached hydrogen (secondary N) is 2. The Morgan fingerprint density at radius 3 is 2.82 bits per heavy atom. The van der Waals surface area contributed by atoms with Crippen molar-refractivity contribution >= 4 is 11.4 Å². The van der Waals surface area contributed by atoms with E-state index in [9.17, 15) is 4.79 Å². The summed E-state index contributed by atoms with van der Waals surface area (Å²) in [6.07, 6.45) is 1.73. The van der Waals surface area contributed by atoms with Gasteiger partial charge in [-0.25, -0.2) is 0 Å². The highest BCUT2D eigenvalue weighted by molar-refractivity contribution is 5.56. The summed E-state index contributed by atoms with van der Waals surface area (Å²) in [5.74, 6) is 0. The number of aromatic nitrogens is 1. The first-order chi connectivity index (χ1) is 10.7. The normalized spacial score (nSPS) is 14.9. The van der Waals surface area contributed by atoms with Gasteiger partial charge in [0, 0.05) is 37.6 Å². The summed E-state index contributed by atoms with van der Waals surface area (Å²) in [5, 5.41) is 3.41. The highest BCUT2D eigenvalue weighted by atomic mass is 16.5. The second kappa shape index (κ2) is 6.66. The molecule has 2 heterocycles. The van der Waals surface area contributed by atoms with Gasteiger partial charge in [0.25, 0.3) is 0 Å². The number of H-pyrrole nitrogens is 1. The molecule has 0 radical (unpaired) electrons. The molecule has 2 aromatic rings. The van der Waals surface area contributed by atoms with Crippen molar-refractivity contribution in [2.24, 2.45) is 0 Å². The lowest BCUT2D eigenvalue weighted by atomic mass is 10.1. The summed E-state index contributed by atoms with van der Waals surface area (Å²) >= 11 is 0. The first-order valence-corrected chi connectivity index (χ1v) is 7.58. The lowest BCUT2D eigenvalue weighted by Crippen LogP contribution is -2.36. The number of aromatic amines is 1. The lowest BCUT2D eigenvalue weighted by Gasteiger charge is -2.30. The molecule has 2 N–H and O–H groups in total. The van der Waals surface area contributed by atoms with Crippen LogP contribution in [-0.4, -0.2) is 31.3 Å². The Morgan fingerprint density at radius 2 is 2.05 bits per heavy atom. The quantitative estimate of drug-likeness (QED) is 0.908. The number of rotatable bonds is 4. The molecule has 1 aromatic carbocycles. The zero-order valence-electron chi connectivity index (χ0n) is 12.8. The second-order valence-corrected chi connectivity index (χ2v) is 5.48. The molecule has 0 aliphatic carbocycles. The average Bonchev–Trinajstić information content (AvgIpc) is 2.55. The molecular formula is C17H21N3O2. The number of para-hydroxylation sites is 1. The van der Waals surface area contributed by atoms with Gasteiger partial charge in [-0.1, -0.05) is 18.2 Å². The molecule has 1 fully saturated rings. The molecule has 116 valence electrons. The SMILES string of the molecule is Cc1cc(=O)[nH]cc1NCc1ccccc1N1CCOCC1. The van der Waals surface area contributed by atoms with Crippen molar-refractivity contribution in [1.82, 2.24) is 4.98 Å². The standard InChI is InChI=1S/C17H21N3O2/c1-13-10-17(21)19-12-15(13)18-11-14-4-2-3-5-16(14)20-6-8-22-9-7-20/h2-5,10,12,18H,6-9,11H2,1H3,(H,19,21). The van der Waals surface area contributed by atoms with Gasteiger partial charge in [0.2, 0.25) is 5.56 Å². The smallest absolute Gasteiger partial charge is 0.248 e. The van der Waals surface area contributed by atoms with Gasteiger partial charge < -0.3 is 19.9 Å². The fourth-order valence-electron chi connectivity index (χ4n) is 2.73. The Kier molecular flexibility index (Phi) is 4.44. The molecule has 22 heavy (non-hydrogen) atoms.